The maximum atomic E-state index is 14.9. The minimum absolute atomic E-state index is 0.227. The van der Waals surface area contributed by atoms with Crippen molar-refractivity contribution in [2.45, 2.75) is 46.0 Å². The second kappa shape index (κ2) is 9.90. The molecule has 0 bridgehead atoms. The Hall–Kier alpha value is -2.85. The van der Waals surface area contributed by atoms with Gasteiger partial charge in [-0.15, -0.1) is 0 Å². The summed E-state index contributed by atoms with van der Waals surface area (Å²) >= 11 is 0. The van der Waals surface area contributed by atoms with E-state index in [-0.39, 0.29) is 5.82 Å². The molecule has 0 spiro atoms. The molecule has 1 heteroatoms. The molecule has 0 heterocycles. The minimum atomic E-state index is -0.227. The summed E-state index contributed by atoms with van der Waals surface area (Å²) in [4.78, 5) is 0. The van der Waals surface area contributed by atoms with Crippen molar-refractivity contribution in [1.29, 1.82) is 0 Å². The Kier molecular flexibility index (Phi) is 7.04. The number of hydrogen-bond donors (Lipinski definition) is 0. The smallest absolute Gasteiger partial charge is 0.146 e. The van der Waals surface area contributed by atoms with Crippen molar-refractivity contribution in [1.82, 2.24) is 0 Å². The van der Waals surface area contributed by atoms with Crippen molar-refractivity contribution < 1.29 is 4.39 Å². The van der Waals surface area contributed by atoms with Crippen molar-refractivity contribution >= 4 is 10.8 Å². The molecular formula is C27H27F. The van der Waals surface area contributed by atoms with Gasteiger partial charge < -0.3 is 0 Å². The third-order valence-corrected chi connectivity index (χ3v) is 4.97. The first-order valence-electron chi connectivity index (χ1n) is 10.1. The molecule has 0 aliphatic heterocycles. The lowest BCUT2D eigenvalue weighted by molar-refractivity contribution is 0.636. The Labute approximate surface area is 168 Å². The number of unbranched alkanes of at least 4 members (excludes halogenated alkanes) is 1. The molecule has 0 radical (unpaired) electrons. The van der Waals surface area contributed by atoms with Gasteiger partial charge in [0.1, 0.15) is 5.82 Å². The number of rotatable bonds is 6. The van der Waals surface area contributed by atoms with Crippen LogP contribution in [0.3, 0.4) is 0 Å². The fourth-order valence-corrected chi connectivity index (χ4v) is 3.29. The van der Waals surface area contributed by atoms with E-state index in [1.165, 1.54) is 11.1 Å². The third-order valence-electron chi connectivity index (χ3n) is 4.97. The van der Waals surface area contributed by atoms with E-state index in [9.17, 15) is 4.39 Å². The first-order chi connectivity index (χ1) is 13.7. The molecule has 28 heavy (non-hydrogen) atoms. The van der Waals surface area contributed by atoms with E-state index >= 15 is 0 Å². The van der Waals surface area contributed by atoms with Gasteiger partial charge in [-0.25, -0.2) is 4.39 Å². The number of aryl methyl sites for hydroxylation is 2. The molecule has 0 amide bonds. The van der Waals surface area contributed by atoms with Crippen LogP contribution in [0.5, 0.6) is 0 Å². The molecule has 0 aromatic heterocycles. The molecule has 3 aromatic carbocycles. The van der Waals surface area contributed by atoms with Gasteiger partial charge in [-0.3, -0.25) is 0 Å². The van der Waals surface area contributed by atoms with E-state index in [1.54, 1.807) is 6.07 Å². The lowest BCUT2D eigenvalue weighted by Crippen LogP contribution is -1.90. The molecule has 0 aliphatic rings. The molecule has 3 aromatic rings. The van der Waals surface area contributed by atoms with E-state index in [0.29, 0.717) is 10.9 Å². The van der Waals surface area contributed by atoms with Crippen LogP contribution in [0.1, 0.15) is 55.4 Å². The highest BCUT2D eigenvalue weighted by atomic mass is 19.1. The van der Waals surface area contributed by atoms with Crippen LogP contribution in [0.15, 0.2) is 66.7 Å². The van der Waals surface area contributed by atoms with E-state index in [1.807, 2.05) is 37.3 Å². The van der Waals surface area contributed by atoms with Gasteiger partial charge in [-0.05, 0) is 67.3 Å². The van der Waals surface area contributed by atoms with Crippen molar-refractivity contribution in [2.75, 3.05) is 0 Å². The van der Waals surface area contributed by atoms with Gasteiger partial charge in [0, 0.05) is 10.9 Å². The van der Waals surface area contributed by atoms with E-state index in [4.69, 9.17) is 0 Å². The average molecular weight is 371 g/mol. The number of hydrogen-bond acceptors (Lipinski definition) is 0. The van der Waals surface area contributed by atoms with Crippen LogP contribution in [0.25, 0.3) is 10.8 Å². The fraction of sp³-hybridized carbons (Fsp3) is 0.259. The molecule has 3 rings (SSSR count). The van der Waals surface area contributed by atoms with Crippen LogP contribution in [0, 0.1) is 17.7 Å². The van der Waals surface area contributed by atoms with Crippen LogP contribution in [-0.2, 0) is 12.8 Å². The summed E-state index contributed by atoms with van der Waals surface area (Å²) in [5.41, 5.74) is 3.91. The third kappa shape index (κ3) is 5.11. The molecule has 0 nitrogen and oxygen atoms in total. The van der Waals surface area contributed by atoms with Crippen molar-refractivity contribution in [3.05, 3.63) is 94.8 Å². The molecule has 0 saturated heterocycles. The first kappa shape index (κ1) is 19.9. The van der Waals surface area contributed by atoms with Crippen LogP contribution >= 0.6 is 0 Å². The highest BCUT2D eigenvalue weighted by Gasteiger charge is 2.06. The Morgan fingerprint density at radius 2 is 1.68 bits per heavy atom. The maximum Gasteiger partial charge on any atom is 0.146 e. The van der Waals surface area contributed by atoms with Gasteiger partial charge in [0.15, 0.2) is 0 Å². The highest BCUT2D eigenvalue weighted by Crippen LogP contribution is 2.23. The lowest BCUT2D eigenvalue weighted by atomic mass is 10.0. The zero-order chi connectivity index (χ0) is 19.8. The van der Waals surface area contributed by atoms with Crippen molar-refractivity contribution in [2.24, 2.45) is 0 Å². The number of fused-ring (bicyclic) bond motifs is 1. The molecule has 0 unspecified atom stereocenters. The van der Waals surface area contributed by atoms with Gasteiger partial charge in [0.2, 0.25) is 0 Å². The number of benzene rings is 3. The lowest BCUT2D eigenvalue weighted by Gasteiger charge is -2.05. The van der Waals surface area contributed by atoms with Gasteiger partial charge in [0.25, 0.3) is 0 Å². The molecule has 0 aliphatic carbocycles. The topological polar surface area (TPSA) is 0 Å². The predicted molar refractivity (Wildman–Crippen MR) is 118 cm³/mol. The molecule has 0 fully saturated rings. The molecule has 0 N–H and O–H groups in total. The summed E-state index contributed by atoms with van der Waals surface area (Å²) in [5.74, 6) is 5.88. The standard InChI is InChI=1S/C27H27F/c1-3-5-7-9-21-10-12-22(13-11-21)14-16-24-17-18-25-20-23(8-6-4-2)15-19-26(25)27(24)28/h3,5,10-13,15,17-20H,4,6-9H2,1-2H3/b5-3+. The van der Waals surface area contributed by atoms with E-state index < -0.39 is 0 Å². The summed E-state index contributed by atoms with van der Waals surface area (Å²) in [5, 5.41) is 1.59. The summed E-state index contributed by atoms with van der Waals surface area (Å²) in [6.07, 6.45) is 9.68. The molecule has 0 atom stereocenters. The normalized spacial score (nSPS) is 11.0. The summed E-state index contributed by atoms with van der Waals surface area (Å²) in [6.45, 7) is 4.22. The Balaban J connectivity index is 1.78. The number of allylic oxidation sites excluding steroid dienone is 2. The quantitative estimate of drug-likeness (QED) is 0.317. The van der Waals surface area contributed by atoms with E-state index in [0.717, 1.165) is 43.1 Å². The van der Waals surface area contributed by atoms with Gasteiger partial charge in [-0.1, -0.05) is 73.7 Å². The summed E-state index contributed by atoms with van der Waals surface area (Å²) in [6, 6.07) is 18.0. The number of halogens is 1. The van der Waals surface area contributed by atoms with Crippen molar-refractivity contribution in [3.63, 3.8) is 0 Å². The van der Waals surface area contributed by atoms with Crippen LogP contribution in [-0.4, -0.2) is 0 Å². The summed E-state index contributed by atoms with van der Waals surface area (Å²) < 4.78 is 14.9. The monoisotopic (exact) mass is 370 g/mol. The second-order valence-corrected chi connectivity index (χ2v) is 7.14. The second-order valence-electron chi connectivity index (χ2n) is 7.14. The SMILES string of the molecule is C/C=C/CCc1ccc(C#Cc2ccc3cc(CCCC)ccc3c2F)cc1. The van der Waals surface area contributed by atoms with E-state index in [2.05, 4.69) is 49.1 Å². The van der Waals surface area contributed by atoms with Gasteiger partial charge >= 0.3 is 0 Å². The van der Waals surface area contributed by atoms with Gasteiger partial charge in [0.05, 0.1) is 5.56 Å². The highest BCUT2D eigenvalue weighted by molar-refractivity contribution is 5.85. The minimum Gasteiger partial charge on any atom is -0.205 e. The van der Waals surface area contributed by atoms with Crippen LogP contribution in [0.4, 0.5) is 4.39 Å². The maximum absolute atomic E-state index is 14.9. The zero-order valence-electron chi connectivity index (χ0n) is 16.8. The van der Waals surface area contributed by atoms with Crippen LogP contribution < -0.4 is 0 Å². The zero-order valence-corrected chi connectivity index (χ0v) is 16.8. The molecule has 0 saturated carbocycles. The van der Waals surface area contributed by atoms with Crippen LogP contribution in [0.2, 0.25) is 0 Å². The average Bonchev–Trinajstić information content (AvgIpc) is 2.73. The Bertz CT molecular complexity index is 1010. The Morgan fingerprint density at radius 3 is 2.43 bits per heavy atom. The summed E-state index contributed by atoms with van der Waals surface area (Å²) in [7, 11) is 0. The predicted octanol–water partition coefficient (Wildman–Crippen LogP) is 7.23. The fourth-order valence-electron chi connectivity index (χ4n) is 3.29. The molecular weight excluding hydrogens is 343 g/mol. The van der Waals surface area contributed by atoms with Crippen molar-refractivity contribution in [3.8, 4) is 11.8 Å². The largest absolute Gasteiger partial charge is 0.205 e. The molecule has 142 valence electrons. The Morgan fingerprint density at radius 1 is 0.893 bits per heavy atom. The first-order valence-corrected chi connectivity index (χ1v) is 10.1. The van der Waals surface area contributed by atoms with Gasteiger partial charge in [-0.2, -0.15) is 0 Å².